The van der Waals surface area contributed by atoms with E-state index in [2.05, 4.69) is 31.0 Å². The lowest BCUT2D eigenvalue weighted by Gasteiger charge is -2.35. The lowest BCUT2D eigenvalue weighted by Crippen LogP contribution is -2.59. The largest absolute Gasteiger partial charge is 0.468 e. The van der Waals surface area contributed by atoms with Crippen molar-refractivity contribution in [1.29, 1.82) is 0 Å². The van der Waals surface area contributed by atoms with Gasteiger partial charge in [0, 0.05) is 12.6 Å². The van der Waals surface area contributed by atoms with Gasteiger partial charge in [-0.2, -0.15) is 0 Å². The van der Waals surface area contributed by atoms with Gasteiger partial charge in [-0.05, 0) is 59.0 Å². The average molecular weight is 270 g/mol. The molecule has 2 atom stereocenters. The molecule has 19 heavy (non-hydrogen) atoms. The molecule has 0 bridgehead atoms. The summed E-state index contributed by atoms with van der Waals surface area (Å²) in [6, 6.07) is 0.259. The van der Waals surface area contributed by atoms with Gasteiger partial charge in [-0.25, -0.2) is 0 Å². The topological polar surface area (TPSA) is 41.6 Å². The highest BCUT2D eigenvalue weighted by atomic mass is 16.5. The standard InChI is InChI=1S/C15H30N2O2/c1-12(2)16-15(4,14(18)19-5)11-17-9-6-7-13(3)8-10-17/h12-13,16H,6-11H2,1-5H3. The molecule has 1 saturated heterocycles. The zero-order chi connectivity index (χ0) is 14.5. The van der Waals surface area contributed by atoms with E-state index in [-0.39, 0.29) is 12.0 Å². The number of esters is 1. The second kappa shape index (κ2) is 7.25. The zero-order valence-corrected chi connectivity index (χ0v) is 13.2. The molecule has 2 unspecified atom stereocenters. The van der Waals surface area contributed by atoms with Crippen LogP contribution >= 0.6 is 0 Å². The Morgan fingerprint density at radius 1 is 1.42 bits per heavy atom. The van der Waals surface area contributed by atoms with Crippen molar-refractivity contribution < 1.29 is 9.53 Å². The Labute approximate surface area is 117 Å². The quantitative estimate of drug-likeness (QED) is 0.776. The fourth-order valence-electron chi connectivity index (χ4n) is 2.96. The number of ether oxygens (including phenoxy) is 1. The van der Waals surface area contributed by atoms with E-state index in [9.17, 15) is 4.79 Å². The van der Waals surface area contributed by atoms with E-state index in [1.165, 1.54) is 26.4 Å². The SMILES string of the molecule is COC(=O)C(C)(CN1CCCC(C)CC1)NC(C)C. The number of hydrogen-bond acceptors (Lipinski definition) is 4. The first-order valence-electron chi connectivity index (χ1n) is 7.46. The first-order chi connectivity index (χ1) is 8.87. The van der Waals surface area contributed by atoms with Crippen LogP contribution in [0.5, 0.6) is 0 Å². The Bertz CT molecular complexity index is 294. The van der Waals surface area contributed by atoms with E-state index in [1.807, 2.05) is 6.92 Å². The van der Waals surface area contributed by atoms with Gasteiger partial charge in [0.05, 0.1) is 7.11 Å². The third-order valence-electron chi connectivity index (χ3n) is 3.89. The molecule has 1 aliphatic heterocycles. The minimum atomic E-state index is -0.615. The second-order valence-electron chi connectivity index (χ2n) is 6.43. The van der Waals surface area contributed by atoms with Crippen LogP contribution < -0.4 is 5.32 Å². The summed E-state index contributed by atoms with van der Waals surface area (Å²) in [5, 5.41) is 3.37. The number of methoxy groups -OCH3 is 1. The third-order valence-corrected chi connectivity index (χ3v) is 3.89. The van der Waals surface area contributed by atoms with Crippen molar-refractivity contribution in [2.24, 2.45) is 5.92 Å². The van der Waals surface area contributed by atoms with E-state index in [4.69, 9.17) is 4.74 Å². The highest BCUT2D eigenvalue weighted by Gasteiger charge is 2.36. The van der Waals surface area contributed by atoms with Crippen molar-refractivity contribution in [3.63, 3.8) is 0 Å². The summed E-state index contributed by atoms with van der Waals surface area (Å²) in [4.78, 5) is 14.5. The van der Waals surface area contributed by atoms with Crippen LogP contribution in [0.15, 0.2) is 0 Å². The summed E-state index contributed by atoms with van der Waals surface area (Å²) in [5.74, 6) is 0.630. The molecule has 0 amide bonds. The molecule has 0 aromatic rings. The number of carbonyl (C=O) groups is 1. The van der Waals surface area contributed by atoms with Crippen molar-refractivity contribution in [1.82, 2.24) is 10.2 Å². The van der Waals surface area contributed by atoms with Crippen LogP contribution in [0.4, 0.5) is 0 Å². The van der Waals surface area contributed by atoms with E-state index in [1.54, 1.807) is 0 Å². The molecule has 0 aromatic carbocycles. The summed E-state index contributed by atoms with van der Waals surface area (Å²) in [6.45, 7) is 11.3. The van der Waals surface area contributed by atoms with Crippen LogP contribution in [0.2, 0.25) is 0 Å². The molecular formula is C15H30N2O2. The third kappa shape index (κ3) is 5.11. The Morgan fingerprint density at radius 3 is 2.68 bits per heavy atom. The van der Waals surface area contributed by atoms with Gasteiger partial charge in [0.1, 0.15) is 5.54 Å². The number of nitrogens with one attached hydrogen (secondary N) is 1. The summed E-state index contributed by atoms with van der Waals surface area (Å²) >= 11 is 0. The molecule has 0 saturated carbocycles. The summed E-state index contributed by atoms with van der Waals surface area (Å²) in [6.07, 6.45) is 3.74. The van der Waals surface area contributed by atoms with Crippen molar-refractivity contribution in [3.8, 4) is 0 Å². The molecule has 4 nitrogen and oxygen atoms in total. The van der Waals surface area contributed by atoms with E-state index in [0.29, 0.717) is 0 Å². The molecule has 4 heteroatoms. The molecule has 0 radical (unpaired) electrons. The van der Waals surface area contributed by atoms with Gasteiger partial charge >= 0.3 is 5.97 Å². The smallest absolute Gasteiger partial charge is 0.327 e. The summed E-state index contributed by atoms with van der Waals surface area (Å²) in [7, 11) is 1.47. The van der Waals surface area contributed by atoms with Gasteiger partial charge in [0.15, 0.2) is 0 Å². The minimum Gasteiger partial charge on any atom is -0.468 e. The zero-order valence-electron chi connectivity index (χ0n) is 13.2. The maximum absolute atomic E-state index is 12.1. The van der Waals surface area contributed by atoms with Crippen LogP contribution in [0.3, 0.4) is 0 Å². The monoisotopic (exact) mass is 270 g/mol. The Hall–Kier alpha value is -0.610. The molecule has 0 aromatic heterocycles. The molecule has 1 aliphatic rings. The maximum Gasteiger partial charge on any atom is 0.327 e. The molecule has 0 spiro atoms. The fraction of sp³-hybridized carbons (Fsp3) is 0.933. The molecular weight excluding hydrogens is 240 g/mol. The normalized spacial score (nSPS) is 24.8. The van der Waals surface area contributed by atoms with E-state index >= 15 is 0 Å². The van der Waals surface area contributed by atoms with Crippen molar-refractivity contribution in [2.45, 2.75) is 58.5 Å². The average Bonchev–Trinajstić information content (AvgIpc) is 2.52. The fourth-order valence-corrected chi connectivity index (χ4v) is 2.96. The summed E-state index contributed by atoms with van der Waals surface area (Å²) < 4.78 is 4.98. The van der Waals surface area contributed by atoms with Gasteiger partial charge in [0.25, 0.3) is 0 Å². The predicted molar refractivity (Wildman–Crippen MR) is 78.1 cm³/mol. The highest BCUT2D eigenvalue weighted by molar-refractivity contribution is 5.80. The van der Waals surface area contributed by atoms with Crippen LogP contribution in [0.1, 0.15) is 47.0 Å². The molecule has 112 valence electrons. The molecule has 1 N–H and O–H groups in total. The lowest BCUT2D eigenvalue weighted by molar-refractivity contribution is -0.149. The molecule has 1 rings (SSSR count). The van der Waals surface area contributed by atoms with Gasteiger partial charge in [-0.3, -0.25) is 10.1 Å². The van der Waals surface area contributed by atoms with Crippen molar-refractivity contribution in [3.05, 3.63) is 0 Å². The molecule has 1 heterocycles. The number of nitrogens with zero attached hydrogens (tertiary/aromatic N) is 1. The van der Waals surface area contributed by atoms with Crippen LogP contribution in [-0.4, -0.2) is 49.2 Å². The van der Waals surface area contributed by atoms with Crippen LogP contribution in [0.25, 0.3) is 0 Å². The van der Waals surface area contributed by atoms with Gasteiger partial charge in [-0.1, -0.05) is 6.92 Å². The van der Waals surface area contributed by atoms with E-state index < -0.39 is 5.54 Å². The van der Waals surface area contributed by atoms with Crippen molar-refractivity contribution in [2.75, 3.05) is 26.7 Å². The van der Waals surface area contributed by atoms with Gasteiger partial charge < -0.3 is 9.64 Å². The van der Waals surface area contributed by atoms with Crippen LogP contribution in [0, 0.1) is 5.92 Å². The molecule has 0 aliphatic carbocycles. The van der Waals surface area contributed by atoms with E-state index in [0.717, 1.165) is 25.6 Å². The van der Waals surface area contributed by atoms with Crippen LogP contribution in [-0.2, 0) is 9.53 Å². The number of carbonyl (C=O) groups excluding carboxylic acids is 1. The number of hydrogen-bond donors (Lipinski definition) is 1. The number of rotatable bonds is 5. The Balaban J connectivity index is 2.68. The minimum absolute atomic E-state index is 0.168. The lowest BCUT2D eigenvalue weighted by atomic mass is 10.00. The Morgan fingerprint density at radius 2 is 2.11 bits per heavy atom. The summed E-state index contributed by atoms with van der Waals surface area (Å²) in [5.41, 5.74) is -0.615. The Kier molecular flexibility index (Phi) is 6.27. The predicted octanol–water partition coefficient (Wildman–Crippen LogP) is 2.04. The van der Waals surface area contributed by atoms with Gasteiger partial charge in [-0.15, -0.1) is 0 Å². The number of likely N-dealkylation sites (tertiary alicyclic amines) is 1. The first kappa shape index (κ1) is 16.4. The first-order valence-corrected chi connectivity index (χ1v) is 7.46. The van der Waals surface area contributed by atoms with Gasteiger partial charge in [0.2, 0.25) is 0 Å². The van der Waals surface area contributed by atoms with Crippen molar-refractivity contribution >= 4 is 5.97 Å². The maximum atomic E-state index is 12.1. The highest BCUT2D eigenvalue weighted by Crippen LogP contribution is 2.19. The molecule has 1 fully saturated rings. The second-order valence-corrected chi connectivity index (χ2v) is 6.43.